The van der Waals surface area contributed by atoms with Crippen LogP contribution >= 0.6 is 0 Å². The second kappa shape index (κ2) is 7.50. The summed E-state index contributed by atoms with van der Waals surface area (Å²) in [7, 11) is 0. The molecule has 1 N–H and O–H groups in total. The molecule has 0 bridgehead atoms. The van der Waals surface area contributed by atoms with Gasteiger partial charge in [0.25, 0.3) is 0 Å². The Hall–Kier alpha value is -0.900. The number of rotatable bonds is 7. The molecular formula is C10H18O4. The van der Waals surface area contributed by atoms with Crippen molar-refractivity contribution in [1.82, 2.24) is 0 Å². The smallest absolute Gasteiger partial charge is 0.302 e. The number of ketones is 1. The van der Waals surface area contributed by atoms with Crippen molar-refractivity contribution in [3.8, 4) is 0 Å². The predicted octanol–water partition coefficient (Wildman–Crippen LogP) is 1.06. The summed E-state index contributed by atoms with van der Waals surface area (Å²) < 4.78 is 4.52. The number of carbonyl (C=O) groups is 2. The summed E-state index contributed by atoms with van der Waals surface area (Å²) in [5.74, 6) is -0.731. The molecule has 0 rings (SSSR count). The van der Waals surface area contributed by atoms with E-state index >= 15 is 0 Å². The van der Waals surface area contributed by atoms with Crippen LogP contribution in [0.15, 0.2) is 0 Å². The van der Waals surface area contributed by atoms with Gasteiger partial charge in [0.15, 0.2) is 5.78 Å². The Bertz CT molecular complexity index is 189. The van der Waals surface area contributed by atoms with E-state index in [1.54, 1.807) is 0 Å². The number of carbonyl (C=O) groups excluding carboxylic acids is 2. The fourth-order valence-corrected chi connectivity index (χ4v) is 1.01. The van der Waals surface area contributed by atoms with E-state index in [0.717, 1.165) is 19.3 Å². The van der Waals surface area contributed by atoms with Crippen molar-refractivity contribution in [2.45, 2.75) is 45.6 Å². The Balaban J connectivity index is 3.59. The SMILES string of the molecule is CCCCCC(=O)C(O)COC(C)=O. The highest BCUT2D eigenvalue weighted by molar-refractivity contribution is 5.83. The summed E-state index contributed by atoms with van der Waals surface area (Å²) in [4.78, 5) is 21.6. The highest BCUT2D eigenvalue weighted by atomic mass is 16.5. The van der Waals surface area contributed by atoms with Crippen molar-refractivity contribution < 1.29 is 19.4 Å². The van der Waals surface area contributed by atoms with Crippen molar-refractivity contribution in [1.29, 1.82) is 0 Å². The van der Waals surface area contributed by atoms with Gasteiger partial charge in [0.05, 0.1) is 0 Å². The van der Waals surface area contributed by atoms with Crippen LogP contribution in [0, 0.1) is 0 Å². The van der Waals surface area contributed by atoms with Gasteiger partial charge in [-0.3, -0.25) is 9.59 Å². The zero-order valence-corrected chi connectivity index (χ0v) is 8.78. The standard InChI is InChI=1S/C10H18O4/c1-3-4-5-6-9(12)10(13)7-14-8(2)11/h10,13H,3-7H2,1-2H3. The monoisotopic (exact) mass is 202 g/mol. The quantitative estimate of drug-likeness (QED) is 0.495. The summed E-state index contributed by atoms with van der Waals surface area (Å²) in [5.41, 5.74) is 0. The Labute approximate surface area is 84.3 Å². The molecule has 82 valence electrons. The Morgan fingerprint density at radius 3 is 2.50 bits per heavy atom. The molecule has 14 heavy (non-hydrogen) atoms. The van der Waals surface area contributed by atoms with E-state index < -0.39 is 12.1 Å². The van der Waals surface area contributed by atoms with Crippen LogP contribution in [-0.2, 0) is 14.3 Å². The van der Waals surface area contributed by atoms with E-state index in [9.17, 15) is 14.7 Å². The number of ether oxygens (including phenoxy) is 1. The first kappa shape index (κ1) is 13.1. The van der Waals surface area contributed by atoms with Gasteiger partial charge in [0.1, 0.15) is 12.7 Å². The van der Waals surface area contributed by atoms with E-state index in [1.165, 1.54) is 6.92 Å². The molecular weight excluding hydrogens is 184 g/mol. The second-order valence-electron chi connectivity index (χ2n) is 3.24. The number of hydrogen-bond donors (Lipinski definition) is 1. The molecule has 0 aliphatic carbocycles. The molecule has 0 aliphatic heterocycles. The predicted molar refractivity (Wildman–Crippen MR) is 51.8 cm³/mol. The molecule has 0 heterocycles. The molecule has 1 unspecified atom stereocenters. The van der Waals surface area contributed by atoms with Crippen LogP contribution in [0.5, 0.6) is 0 Å². The average molecular weight is 202 g/mol. The van der Waals surface area contributed by atoms with Crippen molar-refractivity contribution in [3.63, 3.8) is 0 Å². The normalized spacial score (nSPS) is 12.2. The third-order valence-electron chi connectivity index (χ3n) is 1.84. The topological polar surface area (TPSA) is 63.6 Å². The molecule has 0 saturated heterocycles. The van der Waals surface area contributed by atoms with E-state index in [4.69, 9.17) is 0 Å². The zero-order chi connectivity index (χ0) is 11.0. The summed E-state index contributed by atoms with van der Waals surface area (Å²) in [6, 6.07) is 0. The fourth-order valence-electron chi connectivity index (χ4n) is 1.01. The lowest BCUT2D eigenvalue weighted by Gasteiger charge is -2.08. The fraction of sp³-hybridized carbons (Fsp3) is 0.800. The molecule has 0 saturated carbocycles. The molecule has 0 amide bonds. The van der Waals surface area contributed by atoms with Gasteiger partial charge in [-0.1, -0.05) is 19.8 Å². The Kier molecular flexibility index (Phi) is 7.02. The minimum Gasteiger partial charge on any atom is -0.463 e. The molecule has 0 aromatic rings. The van der Waals surface area contributed by atoms with Crippen LogP contribution in [0.4, 0.5) is 0 Å². The van der Waals surface area contributed by atoms with Crippen LogP contribution in [0.1, 0.15) is 39.5 Å². The zero-order valence-electron chi connectivity index (χ0n) is 8.78. The van der Waals surface area contributed by atoms with E-state index in [2.05, 4.69) is 4.74 Å². The first-order valence-electron chi connectivity index (χ1n) is 4.92. The van der Waals surface area contributed by atoms with Crippen molar-refractivity contribution in [2.75, 3.05) is 6.61 Å². The number of unbranched alkanes of at least 4 members (excludes halogenated alkanes) is 2. The first-order valence-corrected chi connectivity index (χ1v) is 4.92. The van der Waals surface area contributed by atoms with Crippen molar-refractivity contribution in [2.24, 2.45) is 0 Å². The molecule has 4 heteroatoms. The highest BCUT2D eigenvalue weighted by Gasteiger charge is 2.15. The lowest BCUT2D eigenvalue weighted by Crippen LogP contribution is -2.26. The Morgan fingerprint density at radius 1 is 1.36 bits per heavy atom. The van der Waals surface area contributed by atoms with E-state index in [-0.39, 0.29) is 12.4 Å². The van der Waals surface area contributed by atoms with Gasteiger partial charge < -0.3 is 9.84 Å². The van der Waals surface area contributed by atoms with Gasteiger partial charge in [-0.2, -0.15) is 0 Å². The van der Waals surface area contributed by atoms with Crippen LogP contribution < -0.4 is 0 Å². The highest BCUT2D eigenvalue weighted by Crippen LogP contribution is 2.02. The number of aliphatic hydroxyl groups excluding tert-OH is 1. The maximum Gasteiger partial charge on any atom is 0.302 e. The van der Waals surface area contributed by atoms with Crippen LogP contribution in [0.2, 0.25) is 0 Å². The van der Waals surface area contributed by atoms with Crippen LogP contribution in [-0.4, -0.2) is 29.6 Å². The van der Waals surface area contributed by atoms with Crippen molar-refractivity contribution in [3.05, 3.63) is 0 Å². The third-order valence-corrected chi connectivity index (χ3v) is 1.84. The van der Waals surface area contributed by atoms with Gasteiger partial charge in [-0.15, -0.1) is 0 Å². The largest absolute Gasteiger partial charge is 0.463 e. The lowest BCUT2D eigenvalue weighted by atomic mass is 10.1. The van der Waals surface area contributed by atoms with Gasteiger partial charge in [0, 0.05) is 13.3 Å². The molecule has 4 nitrogen and oxygen atoms in total. The van der Waals surface area contributed by atoms with Crippen molar-refractivity contribution >= 4 is 11.8 Å². The summed E-state index contributed by atoms with van der Waals surface area (Å²) in [5, 5.41) is 9.24. The number of aliphatic hydroxyl groups is 1. The number of hydrogen-bond acceptors (Lipinski definition) is 4. The summed E-state index contributed by atoms with van der Waals surface area (Å²) >= 11 is 0. The van der Waals surface area contributed by atoms with Gasteiger partial charge in [-0.05, 0) is 6.42 Å². The third kappa shape index (κ3) is 6.60. The molecule has 1 atom stereocenters. The molecule has 0 fully saturated rings. The molecule has 0 aromatic carbocycles. The molecule has 0 spiro atoms. The molecule has 0 aromatic heterocycles. The summed E-state index contributed by atoms with van der Waals surface area (Å²) in [6.07, 6.45) is 2.00. The van der Waals surface area contributed by atoms with Crippen LogP contribution in [0.25, 0.3) is 0 Å². The van der Waals surface area contributed by atoms with E-state index in [0.29, 0.717) is 6.42 Å². The summed E-state index contributed by atoms with van der Waals surface area (Å²) in [6.45, 7) is 3.06. The maximum atomic E-state index is 11.2. The number of esters is 1. The lowest BCUT2D eigenvalue weighted by molar-refractivity contribution is -0.146. The van der Waals surface area contributed by atoms with Crippen LogP contribution in [0.3, 0.4) is 0 Å². The minimum absolute atomic E-state index is 0.222. The van der Waals surface area contributed by atoms with Gasteiger partial charge in [0.2, 0.25) is 0 Å². The maximum absolute atomic E-state index is 11.2. The second-order valence-corrected chi connectivity index (χ2v) is 3.24. The minimum atomic E-state index is -1.16. The first-order chi connectivity index (χ1) is 6.57. The number of Topliss-reactive ketones (excluding diaryl/α,β-unsaturated/α-hetero) is 1. The van der Waals surface area contributed by atoms with Gasteiger partial charge >= 0.3 is 5.97 Å². The Morgan fingerprint density at radius 2 is 2.00 bits per heavy atom. The molecule has 0 aliphatic rings. The van der Waals surface area contributed by atoms with Gasteiger partial charge in [-0.25, -0.2) is 0 Å². The average Bonchev–Trinajstić information content (AvgIpc) is 2.14. The molecule has 0 radical (unpaired) electrons. The van der Waals surface area contributed by atoms with E-state index in [1.807, 2.05) is 6.92 Å².